The van der Waals surface area contributed by atoms with Crippen molar-refractivity contribution in [1.82, 2.24) is 10.6 Å². The lowest BCUT2D eigenvalue weighted by atomic mass is 10.0. The van der Waals surface area contributed by atoms with Crippen molar-refractivity contribution in [2.24, 2.45) is 0 Å². The number of rotatable bonds is 13. The number of amides is 2. The average molecular weight is 511 g/mol. The van der Waals surface area contributed by atoms with E-state index in [1.807, 2.05) is 50.2 Å². The van der Waals surface area contributed by atoms with E-state index >= 15 is 0 Å². The summed E-state index contributed by atoms with van der Waals surface area (Å²) in [4.78, 5) is 37.3. The van der Waals surface area contributed by atoms with Gasteiger partial charge in [0.2, 0.25) is 5.91 Å². The third-order valence-corrected chi connectivity index (χ3v) is 6.56. The number of carbonyl (C=O) groups excluding carboxylic acids is 2. The van der Waals surface area contributed by atoms with E-state index in [4.69, 9.17) is 9.15 Å². The molecule has 0 aliphatic heterocycles. The fourth-order valence-electron chi connectivity index (χ4n) is 3.70. The average Bonchev–Trinajstić information content (AvgIpc) is 2.85. The first-order valence-electron chi connectivity index (χ1n) is 12.3. The second-order valence-corrected chi connectivity index (χ2v) is 9.96. The van der Waals surface area contributed by atoms with Crippen molar-refractivity contribution in [3.8, 4) is 5.75 Å². The first-order chi connectivity index (χ1) is 17.4. The Hall–Kier alpha value is -3.26. The van der Waals surface area contributed by atoms with Gasteiger partial charge in [-0.15, -0.1) is 0 Å². The summed E-state index contributed by atoms with van der Waals surface area (Å²) in [7, 11) is 0. The van der Waals surface area contributed by atoms with Crippen molar-refractivity contribution in [2.75, 3.05) is 12.4 Å². The zero-order chi connectivity index (χ0) is 25.9. The first-order valence-corrected chi connectivity index (χ1v) is 13.4. The molecule has 1 atom stereocenters. The predicted molar refractivity (Wildman–Crippen MR) is 144 cm³/mol. The van der Waals surface area contributed by atoms with E-state index in [9.17, 15) is 14.4 Å². The minimum Gasteiger partial charge on any atom is -0.484 e. The van der Waals surface area contributed by atoms with Crippen LogP contribution in [0.3, 0.4) is 0 Å². The molecule has 36 heavy (non-hydrogen) atoms. The van der Waals surface area contributed by atoms with Crippen molar-refractivity contribution in [2.45, 2.75) is 57.9 Å². The van der Waals surface area contributed by atoms with Gasteiger partial charge in [-0.25, -0.2) is 4.79 Å². The Labute approximate surface area is 216 Å². The molecule has 3 aromatic rings. The highest BCUT2D eigenvalue weighted by Crippen LogP contribution is 2.24. The smallest absolute Gasteiger partial charge is 0.336 e. The van der Waals surface area contributed by atoms with Gasteiger partial charge in [-0.1, -0.05) is 43.7 Å². The van der Waals surface area contributed by atoms with E-state index in [0.717, 1.165) is 41.5 Å². The van der Waals surface area contributed by atoms with E-state index in [-0.39, 0.29) is 18.6 Å². The summed E-state index contributed by atoms with van der Waals surface area (Å²) in [5.41, 5.74) is 2.12. The minimum atomic E-state index is -0.687. The van der Waals surface area contributed by atoms with E-state index in [1.54, 1.807) is 23.9 Å². The van der Waals surface area contributed by atoms with E-state index in [1.165, 1.54) is 6.07 Å². The third kappa shape index (κ3) is 8.45. The lowest BCUT2D eigenvalue weighted by Gasteiger charge is -2.20. The molecule has 0 spiro atoms. The number of aryl methyl sites for hydroxylation is 1. The van der Waals surface area contributed by atoms with Gasteiger partial charge < -0.3 is 19.8 Å². The van der Waals surface area contributed by atoms with Gasteiger partial charge in [-0.05, 0) is 49.9 Å². The molecule has 1 heterocycles. The summed E-state index contributed by atoms with van der Waals surface area (Å²) < 4.78 is 11.0. The van der Waals surface area contributed by atoms with E-state index in [0.29, 0.717) is 17.1 Å². The SMILES string of the molecule is CCCCc1cc(=O)oc2cc(OCC(=O)NC(CSCc3ccccc3)C(=O)NC(C)C)ccc12. The van der Waals surface area contributed by atoms with Crippen LogP contribution >= 0.6 is 11.8 Å². The topological polar surface area (TPSA) is 97.6 Å². The first kappa shape index (κ1) is 27.3. The molecule has 0 aliphatic carbocycles. The zero-order valence-corrected chi connectivity index (χ0v) is 21.9. The highest BCUT2D eigenvalue weighted by Gasteiger charge is 2.22. The van der Waals surface area contributed by atoms with Crippen molar-refractivity contribution in [1.29, 1.82) is 0 Å². The molecule has 2 aromatic carbocycles. The Morgan fingerprint density at radius 1 is 1.06 bits per heavy atom. The van der Waals surface area contributed by atoms with Crippen LogP contribution in [0.1, 0.15) is 44.7 Å². The molecule has 0 aliphatic rings. The summed E-state index contributed by atoms with van der Waals surface area (Å²) in [5, 5.41) is 6.51. The number of nitrogens with one attached hydrogen (secondary N) is 2. The van der Waals surface area contributed by atoms with Crippen LogP contribution in [0.5, 0.6) is 5.75 Å². The summed E-state index contributed by atoms with van der Waals surface area (Å²) in [5.74, 6) is 0.945. The molecule has 0 saturated carbocycles. The maximum atomic E-state index is 12.7. The van der Waals surface area contributed by atoms with Crippen molar-refractivity contribution < 1.29 is 18.7 Å². The molecule has 0 bridgehead atoms. The largest absolute Gasteiger partial charge is 0.484 e. The summed E-state index contributed by atoms with van der Waals surface area (Å²) in [6.07, 6.45) is 2.80. The Morgan fingerprint density at radius 3 is 2.56 bits per heavy atom. The number of benzene rings is 2. The number of hydrogen-bond acceptors (Lipinski definition) is 6. The molecule has 2 N–H and O–H groups in total. The fourth-order valence-corrected chi connectivity index (χ4v) is 4.71. The number of hydrogen-bond donors (Lipinski definition) is 2. The van der Waals surface area contributed by atoms with Crippen LogP contribution < -0.4 is 21.0 Å². The molecule has 2 amide bonds. The molecule has 3 rings (SSSR count). The molecular formula is C28H34N2O5S. The van der Waals surface area contributed by atoms with Crippen LogP contribution in [0.15, 0.2) is 63.8 Å². The van der Waals surface area contributed by atoms with Crippen LogP contribution in [-0.2, 0) is 21.8 Å². The predicted octanol–water partition coefficient (Wildman–Crippen LogP) is 4.46. The van der Waals surface area contributed by atoms with Crippen LogP contribution in [0, 0.1) is 0 Å². The molecule has 0 radical (unpaired) electrons. The highest BCUT2D eigenvalue weighted by atomic mass is 32.2. The lowest BCUT2D eigenvalue weighted by molar-refractivity contribution is -0.129. The molecule has 1 aromatic heterocycles. The molecule has 0 saturated heterocycles. The van der Waals surface area contributed by atoms with Gasteiger partial charge in [-0.3, -0.25) is 9.59 Å². The Bertz CT molecular complexity index is 1210. The second-order valence-electron chi connectivity index (χ2n) is 8.92. The third-order valence-electron chi connectivity index (χ3n) is 5.45. The number of carbonyl (C=O) groups is 2. The van der Waals surface area contributed by atoms with Crippen LogP contribution in [-0.4, -0.2) is 36.3 Å². The maximum Gasteiger partial charge on any atom is 0.336 e. The lowest BCUT2D eigenvalue weighted by Crippen LogP contribution is -2.51. The number of unbranched alkanes of at least 4 members (excludes halogenated alkanes) is 1. The van der Waals surface area contributed by atoms with Crippen molar-refractivity contribution in [3.63, 3.8) is 0 Å². The molecule has 7 nitrogen and oxygen atoms in total. The van der Waals surface area contributed by atoms with E-state index < -0.39 is 17.6 Å². The Morgan fingerprint density at radius 2 is 1.83 bits per heavy atom. The Balaban J connectivity index is 1.61. The van der Waals surface area contributed by atoms with Crippen LogP contribution in [0.2, 0.25) is 0 Å². The summed E-state index contributed by atoms with van der Waals surface area (Å²) >= 11 is 1.58. The monoisotopic (exact) mass is 510 g/mol. The van der Waals surface area contributed by atoms with Crippen LogP contribution in [0.25, 0.3) is 11.0 Å². The van der Waals surface area contributed by atoms with Crippen molar-refractivity contribution in [3.05, 3.63) is 76.1 Å². The molecular weight excluding hydrogens is 476 g/mol. The van der Waals surface area contributed by atoms with Gasteiger partial charge in [-0.2, -0.15) is 11.8 Å². The molecule has 8 heteroatoms. The molecule has 192 valence electrons. The van der Waals surface area contributed by atoms with E-state index in [2.05, 4.69) is 17.6 Å². The summed E-state index contributed by atoms with van der Waals surface area (Å²) in [6, 6.07) is 16.0. The summed E-state index contributed by atoms with van der Waals surface area (Å²) in [6.45, 7) is 5.59. The van der Waals surface area contributed by atoms with Crippen LogP contribution in [0.4, 0.5) is 0 Å². The Kier molecular flexibility index (Phi) is 10.4. The van der Waals surface area contributed by atoms with Gasteiger partial charge in [0.15, 0.2) is 6.61 Å². The number of thioether (sulfide) groups is 1. The molecule has 0 fully saturated rings. The van der Waals surface area contributed by atoms with Gasteiger partial charge in [0, 0.05) is 35.1 Å². The van der Waals surface area contributed by atoms with Gasteiger partial charge >= 0.3 is 5.63 Å². The second kappa shape index (κ2) is 13.7. The van der Waals surface area contributed by atoms with Gasteiger partial charge in [0.05, 0.1) is 0 Å². The minimum absolute atomic E-state index is 0.0400. The number of fused-ring (bicyclic) bond motifs is 1. The highest BCUT2D eigenvalue weighted by molar-refractivity contribution is 7.98. The van der Waals surface area contributed by atoms with Crippen molar-refractivity contribution >= 4 is 34.5 Å². The zero-order valence-electron chi connectivity index (χ0n) is 21.0. The standard InChI is InChI=1S/C28H34N2O5S/c1-4-5-11-21-14-27(32)35-25-15-22(12-13-23(21)25)34-16-26(31)30-24(28(33)29-19(2)3)18-36-17-20-9-7-6-8-10-20/h6-10,12-15,19,24H,4-5,11,16-18H2,1-3H3,(H,29,33)(H,30,31). The van der Waals surface area contributed by atoms with Gasteiger partial charge in [0.1, 0.15) is 17.4 Å². The normalized spacial score (nSPS) is 11.9. The fraction of sp³-hybridized carbons (Fsp3) is 0.393. The molecule has 1 unspecified atom stereocenters. The number of ether oxygens (including phenoxy) is 1. The quantitative estimate of drug-likeness (QED) is 0.330. The van der Waals surface area contributed by atoms with Gasteiger partial charge in [0.25, 0.3) is 5.91 Å². The maximum absolute atomic E-state index is 12.7.